The average Bonchev–Trinajstić information content (AvgIpc) is 2.70. The zero-order valence-electron chi connectivity index (χ0n) is 16.1. The van der Waals surface area contributed by atoms with Gasteiger partial charge >= 0.3 is 0 Å². The minimum atomic E-state index is -0.313. The van der Waals surface area contributed by atoms with Crippen molar-refractivity contribution < 1.29 is 23.8 Å². The molecule has 29 heavy (non-hydrogen) atoms. The van der Waals surface area contributed by atoms with E-state index in [1.165, 1.54) is 18.1 Å². The number of methoxy groups -OCH3 is 1. The maximum Gasteiger partial charge on any atom is 0.249 e. The lowest BCUT2D eigenvalue weighted by molar-refractivity contribution is -0.168. The second-order valence-electron chi connectivity index (χ2n) is 7.45. The monoisotopic (exact) mass is 398 g/mol. The first-order valence-electron chi connectivity index (χ1n) is 9.58. The number of nitrogens with zero attached hydrogens (tertiary/aromatic N) is 2. The van der Waals surface area contributed by atoms with Crippen LogP contribution in [0.4, 0.5) is 4.39 Å². The standard InChI is InChI=1S/C22H23FN2O4/c1-29-13-21(28)24-10-18-22(19(12-26)25(18)20(27)11-24)15-8-6-14(7-9-15)16-4-2-3-5-17(16)23/h2-9,18-19,22,26H,10-13H2,1H3/t18-,19+,22-/m0/s1. The molecule has 2 aliphatic rings. The van der Waals surface area contributed by atoms with Crippen LogP contribution in [0.25, 0.3) is 11.1 Å². The van der Waals surface area contributed by atoms with Crippen molar-refractivity contribution in [3.8, 4) is 11.1 Å². The van der Waals surface area contributed by atoms with E-state index in [0.29, 0.717) is 12.1 Å². The highest BCUT2D eigenvalue weighted by atomic mass is 19.1. The van der Waals surface area contributed by atoms with Crippen molar-refractivity contribution in [1.82, 2.24) is 9.80 Å². The molecule has 2 amide bonds. The second-order valence-corrected chi connectivity index (χ2v) is 7.45. The number of aliphatic hydroxyl groups is 1. The zero-order valence-corrected chi connectivity index (χ0v) is 16.1. The average molecular weight is 398 g/mol. The van der Waals surface area contributed by atoms with Gasteiger partial charge in [-0.1, -0.05) is 42.5 Å². The molecule has 2 saturated heterocycles. The third-order valence-corrected chi connectivity index (χ3v) is 5.85. The molecule has 0 saturated carbocycles. The summed E-state index contributed by atoms with van der Waals surface area (Å²) < 4.78 is 19.0. The van der Waals surface area contributed by atoms with E-state index in [4.69, 9.17) is 4.74 Å². The molecule has 152 valence electrons. The van der Waals surface area contributed by atoms with Crippen LogP contribution in [0.15, 0.2) is 48.5 Å². The Morgan fingerprint density at radius 2 is 1.93 bits per heavy atom. The van der Waals surface area contributed by atoms with Gasteiger partial charge in [0.25, 0.3) is 0 Å². The Balaban J connectivity index is 1.58. The van der Waals surface area contributed by atoms with Crippen LogP contribution in [-0.4, -0.2) is 72.2 Å². The van der Waals surface area contributed by atoms with E-state index in [9.17, 15) is 19.1 Å². The Labute approximate surface area is 168 Å². The van der Waals surface area contributed by atoms with E-state index < -0.39 is 0 Å². The van der Waals surface area contributed by atoms with E-state index >= 15 is 0 Å². The largest absolute Gasteiger partial charge is 0.394 e. The van der Waals surface area contributed by atoms with Crippen LogP contribution >= 0.6 is 0 Å². The van der Waals surface area contributed by atoms with E-state index in [1.807, 2.05) is 24.3 Å². The summed E-state index contributed by atoms with van der Waals surface area (Å²) in [4.78, 5) is 27.9. The van der Waals surface area contributed by atoms with Crippen LogP contribution in [-0.2, 0) is 14.3 Å². The Hall–Kier alpha value is -2.77. The van der Waals surface area contributed by atoms with Gasteiger partial charge in [0.1, 0.15) is 12.4 Å². The van der Waals surface area contributed by atoms with Crippen LogP contribution in [0.2, 0.25) is 0 Å². The molecule has 4 rings (SSSR count). The van der Waals surface area contributed by atoms with Gasteiger partial charge in [0.05, 0.1) is 25.2 Å². The number of rotatable bonds is 5. The fourth-order valence-electron chi connectivity index (χ4n) is 4.48. The first-order chi connectivity index (χ1) is 14.0. The fraction of sp³-hybridized carbons (Fsp3) is 0.364. The molecule has 0 spiro atoms. The molecule has 0 unspecified atom stereocenters. The minimum Gasteiger partial charge on any atom is -0.394 e. The number of aliphatic hydroxyl groups excluding tert-OH is 1. The molecule has 0 bridgehead atoms. The first-order valence-corrected chi connectivity index (χ1v) is 9.58. The molecule has 2 heterocycles. The Bertz CT molecular complexity index is 917. The van der Waals surface area contributed by atoms with Gasteiger partial charge < -0.3 is 19.6 Å². The summed E-state index contributed by atoms with van der Waals surface area (Å²) in [7, 11) is 1.45. The molecule has 2 aromatic rings. The number of piperazine rings is 1. The molecule has 2 aliphatic heterocycles. The Morgan fingerprint density at radius 1 is 1.21 bits per heavy atom. The molecule has 3 atom stereocenters. The number of carbonyl (C=O) groups excluding carboxylic acids is 2. The highest BCUT2D eigenvalue weighted by molar-refractivity contribution is 5.88. The van der Waals surface area contributed by atoms with Crippen molar-refractivity contribution in [2.24, 2.45) is 0 Å². The smallest absolute Gasteiger partial charge is 0.249 e. The number of amides is 2. The topological polar surface area (TPSA) is 70.1 Å². The van der Waals surface area contributed by atoms with Gasteiger partial charge in [-0.05, 0) is 17.2 Å². The summed E-state index contributed by atoms with van der Waals surface area (Å²) >= 11 is 0. The summed E-state index contributed by atoms with van der Waals surface area (Å²) in [5.41, 5.74) is 2.25. The minimum absolute atomic E-state index is 0.00807. The van der Waals surface area contributed by atoms with E-state index in [-0.39, 0.29) is 55.4 Å². The highest BCUT2D eigenvalue weighted by Crippen LogP contribution is 2.43. The molecule has 7 heteroatoms. The quantitative estimate of drug-likeness (QED) is 0.831. The lowest BCUT2D eigenvalue weighted by atomic mass is 9.73. The third kappa shape index (κ3) is 3.41. The van der Waals surface area contributed by atoms with Crippen molar-refractivity contribution in [3.05, 3.63) is 59.9 Å². The van der Waals surface area contributed by atoms with Gasteiger partial charge in [-0.25, -0.2) is 4.39 Å². The van der Waals surface area contributed by atoms with E-state index in [0.717, 1.165) is 11.1 Å². The van der Waals surface area contributed by atoms with Gasteiger partial charge in [0.15, 0.2) is 0 Å². The van der Waals surface area contributed by atoms with Crippen LogP contribution < -0.4 is 0 Å². The summed E-state index contributed by atoms with van der Waals surface area (Å²) in [6.07, 6.45) is 0. The van der Waals surface area contributed by atoms with Crippen molar-refractivity contribution in [2.75, 3.05) is 33.4 Å². The Morgan fingerprint density at radius 3 is 2.59 bits per heavy atom. The first kappa shape index (κ1) is 19.5. The van der Waals surface area contributed by atoms with Crippen molar-refractivity contribution in [2.45, 2.75) is 18.0 Å². The van der Waals surface area contributed by atoms with Crippen molar-refractivity contribution in [1.29, 1.82) is 0 Å². The third-order valence-electron chi connectivity index (χ3n) is 5.85. The maximum absolute atomic E-state index is 14.0. The number of hydrogen-bond acceptors (Lipinski definition) is 4. The summed E-state index contributed by atoms with van der Waals surface area (Å²) in [5.74, 6) is -0.754. The molecule has 0 radical (unpaired) electrons. The summed E-state index contributed by atoms with van der Waals surface area (Å²) in [6.45, 7) is 0.206. The van der Waals surface area contributed by atoms with Crippen LogP contribution in [0.5, 0.6) is 0 Å². The predicted octanol–water partition coefficient (Wildman–Crippen LogP) is 1.64. The molecular weight excluding hydrogens is 375 g/mol. The van der Waals surface area contributed by atoms with E-state index in [1.54, 1.807) is 23.1 Å². The normalized spacial score (nSPS) is 23.6. The summed E-state index contributed by atoms with van der Waals surface area (Å²) in [6, 6.07) is 13.6. The molecular formula is C22H23FN2O4. The predicted molar refractivity (Wildman–Crippen MR) is 105 cm³/mol. The number of fused-ring (bicyclic) bond motifs is 1. The lowest BCUT2D eigenvalue weighted by Gasteiger charge is -2.58. The molecule has 2 fully saturated rings. The van der Waals surface area contributed by atoms with Crippen molar-refractivity contribution >= 4 is 11.8 Å². The van der Waals surface area contributed by atoms with Crippen LogP contribution in [0.1, 0.15) is 11.5 Å². The van der Waals surface area contributed by atoms with Gasteiger partial charge in [-0.3, -0.25) is 9.59 Å². The molecule has 2 aromatic carbocycles. The fourth-order valence-corrected chi connectivity index (χ4v) is 4.48. The Kier molecular flexibility index (Phi) is 5.34. The molecule has 0 aliphatic carbocycles. The van der Waals surface area contributed by atoms with E-state index in [2.05, 4.69) is 0 Å². The number of ether oxygens (including phenoxy) is 1. The molecule has 6 nitrogen and oxygen atoms in total. The highest BCUT2D eigenvalue weighted by Gasteiger charge is 2.54. The van der Waals surface area contributed by atoms with Gasteiger partial charge in [-0.15, -0.1) is 0 Å². The van der Waals surface area contributed by atoms with Gasteiger partial charge in [0.2, 0.25) is 11.8 Å². The number of carbonyl (C=O) groups is 2. The second kappa shape index (κ2) is 7.93. The lowest BCUT2D eigenvalue weighted by Crippen LogP contribution is -2.73. The zero-order chi connectivity index (χ0) is 20.5. The van der Waals surface area contributed by atoms with Crippen LogP contribution in [0, 0.1) is 5.82 Å². The number of hydrogen-bond donors (Lipinski definition) is 1. The number of halogens is 1. The maximum atomic E-state index is 14.0. The van der Waals surface area contributed by atoms with Crippen molar-refractivity contribution in [3.63, 3.8) is 0 Å². The SMILES string of the molecule is COCC(=O)N1CC(=O)N2[C@H](CO)[C@@H](c3ccc(-c4ccccc4F)cc3)[C@@H]2C1. The molecule has 1 N–H and O–H groups in total. The molecule has 0 aromatic heterocycles. The summed E-state index contributed by atoms with van der Waals surface area (Å²) in [5, 5.41) is 9.86. The van der Waals surface area contributed by atoms with Gasteiger partial charge in [-0.2, -0.15) is 0 Å². The van der Waals surface area contributed by atoms with Gasteiger partial charge in [0, 0.05) is 25.1 Å². The number of benzene rings is 2. The van der Waals surface area contributed by atoms with Crippen LogP contribution in [0.3, 0.4) is 0 Å².